The third kappa shape index (κ3) is 3.76. The van der Waals surface area contributed by atoms with Crippen LogP contribution in [-0.4, -0.2) is 22.5 Å². The van der Waals surface area contributed by atoms with E-state index in [1.165, 1.54) is 0 Å². The molecule has 13 heavy (non-hydrogen) atoms. The van der Waals surface area contributed by atoms with Crippen LogP contribution in [0.1, 0.15) is 26.2 Å². The van der Waals surface area contributed by atoms with Crippen molar-refractivity contribution in [2.75, 3.05) is 5.75 Å². The minimum atomic E-state index is 0.0467. The first-order valence-corrected chi connectivity index (χ1v) is 6.16. The van der Waals surface area contributed by atoms with Crippen LogP contribution in [0.2, 0.25) is 0 Å². The molecular weight excluding hydrogens is 204 g/mol. The van der Waals surface area contributed by atoms with Gasteiger partial charge < -0.3 is 0 Å². The van der Waals surface area contributed by atoms with E-state index >= 15 is 0 Å². The van der Waals surface area contributed by atoms with Crippen molar-refractivity contribution in [3.8, 4) is 6.07 Å². The van der Waals surface area contributed by atoms with Crippen LogP contribution in [0, 0.1) is 11.3 Å². The Morgan fingerprint density at radius 1 is 1.77 bits per heavy atom. The summed E-state index contributed by atoms with van der Waals surface area (Å²) in [6, 6.07) is 2.28. The Bertz CT molecular complexity index is 193. The summed E-state index contributed by atoms with van der Waals surface area (Å²) in [5.74, 6) is 0.917. The molecule has 74 valence electrons. The van der Waals surface area contributed by atoms with Crippen LogP contribution in [0.4, 0.5) is 0 Å². The maximum absolute atomic E-state index is 8.66. The maximum Gasteiger partial charge on any atom is 0.105 e. The largest absolute Gasteiger partial charge is 0.289 e. The average Bonchev–Trinajstić information content (AvgIpc) is 2.61. The normalized spacial score (nSPS) is 29.9. The molecule has 4 heteroatoms. The van der Waals surface area contributed by atoms with Crippen LogP contribution < -0.4 is 5.32 Å². The minimum absolute atomic E-state index is 0.0467. The topological polar surface area (TPSA) is 35.8 Å². The summed E-state index contributed by atoms with van der Waals surface area (Å²) in [5.41, 5.74) is 0. The lowest BCUT2D eigenvalue weighted by Crippen LogP contribution is -2.28. The number of nitriles is 1. The Labute approximate surface area is 89.0 Å². The predicted octanol–water partition coefficient (Wildman–Crippen LogP) is 2.34. The van der Waals surface area contributed by atoms with Crippen molar-refractivity contribution in [1.29, 1.82) is 5.26 Å². The van der Waals surface area contributed by atoms with Gasteiger partial charge in [0.15, 0.2) is 0 Å². The van der Waals surface area contributed by atoms with Gasteiger partial charge in [0.05, 0.1) is 11.4 Å². The van der Waals surface area contributed by atoms with Crippen molar-refractivity contribution in [2.24, 2.45) is 0 Å². The predicted molar refractivity (Wildman–Crippen MR) is 57.9 cm³/mol. The standard InChI is InChI=1S/C9H15ClN2S/c1-2-7(10)3-4-9-12-8(5-11)6-13-9/h7-9,12H,2-4,6H2,1H3. The monoisotopic (exact) mass is 218 g/mol. The smallest absolute Gasteiger partial charge is 0.105 e. The number of alkyl halides is 1. The van der Waals surface area contributed by atoms with E-state index in [4.69, 9.17) is 16.9 Å². The third-order valence-corrected chi connectivity index (χ3v) is 4.02. The second-order valence-electron chi connectivity index (χ2n) is 3.25. The van der Waals surface area contributed by atoms with E-state index in [2.05, 4.69) is 18.3 Å². The fourth-order valence-corrected chi connectivity index (χ4v) is 2.60. The SMILES string of the molecule is CCC(Cl)CCC1NC(C#N)CS1. The van der Waals surface area contributed by atoms with Gasteiger partial charge in [0.1, 0.15) is 6.04 Å². The summed E-state index contributed by atoms with van der Waals surface area (Å²) in [7, 11) is 0. The molecule has 0 radical (unpaired) electrons. The molecule has 1 saturated heterocycles. The Morgan fingerprint density at radius 2 is 2.54 bits per heavy atom. The molecule has 0 aromatic carbocycles. The molecule has 0 bridgehead atoms. The van der Waals surface area contributed by atoms with Crippen molar-refractivity contribution in [2.45, 2.75) is 43.0 Å². The lowest BCUT2D eigenvalue weighted by Gasteiger charge is -2.11. The molecule has 2 nitrogen and oxygen atoms in total. The molecule has 0 aromatic heterocycles. The van der Waals surface area contributed by atoms with Crippen LogP contribution in [0.25, 0.3) is 0 Å². The van der Waals surface area contributed by atoms with Crippen LogP contribution in [-0.2, 0) is 0 Å². The minimum Gasteiger partial charge on any atom is -0.289 e. The first-order chi connectivity index (χ1) is 6.26. The van der Waals surface area contributed by atoms with E-state index in [1.807, 2.05) is 11.8 Å². The van der Waals surface area contributed by atoms with Crippen LogP contribution in [0.3, 0.4) is 0 Å². The Hall–Kier alpha value is 0.0900. The summed E-state index contributed by atoms with van der Waals surface area (Å²) in [6.07, 6.45) is 3.15. The van der Waals surface area contributed by atoms with Gasteiger partial charge in [-0.05, 0) is 19.3 Å². The summed E-state index contributed by atoms with van der Waals surface area (Å²) < 4.78 is 0. The number of nitrogens with one attached hydrogen (secondary N) is 1. The van der Waals surface area contributed by atoms with E-state index in [1.54, 1.807) is 0 Å². The highest BCUT2D eigenvalue weighted by Gasteiger charge is 2.23. The van der Waals surface area contributed by atoms with Gasteiger partial charge in [-0.25, -0.2) is 0 Å². The molecule has 3 unspecified atom stereocenters. The van der Waals surface area contributed by atoms with E-state index in [-0.39, 0.29) is 6.04 Å². The maximum atomic E-state index is 8.66. The molecule has 1 rings (SSSR count). The number of halogens is 1. The number of rotatable bonds is 4. The lowest BCUT2D eigenvalue weighted by atomic mass is 10.2. The molecule has 0 aromatic rings. The molecule has 0 amide bonds. The van der Waals surface area contributed by atoms with Gasteiger partial charge in [0, 0.05) is 11.1 Å². The van der Waals surface area contributed by atoms with E-state index in [0.29, 0.717) is 10.8 Å². The number of nitrogens with zero attached hydrogens (tertiary/aromatic N) is 1. The molecule has 1 N–H and O–H groups in total. The van der Waals surface area contributed by atoms with Crippen molar-refractivity contribution in [3.63, 3.8) is 0 Å². The fraction of sp³-hybridized carbons (Fsp3) is 0.889. The quantitative estimate of drug-likeness (QED) is 0.736. The van der Waals surface area contributed by atoms with E-state index in [9.17, 15) is 0 Å². The zero-order valence-electron chi connectivity index (χ0n) is 7.79. The average molecular weight is 219 g/mol. The molecular formula is C9H15ClN2S. The molecule has 1 aliphatic heterocycles. The highest BCUT2D eigenvalue weighted by Crippen LogP contribution is 2.24. The molecule has 1 fully saturated rings. The van der Waals surface area contributed by atoms with Crippen molar-refractivity contribution in [3.05, 3.63) is 0 Å². The first kappa shape index (κ1) is 11.2. The summed E-state index contributed by atoms with van der Waals surface area (Å²) >= 11 is 7.85. The highest BCUT2D eigenvalue weighted by atomic mass is 35.5. The Kier molecular flexibility index (Phi) is 4.93. The Morgan fingerprint density at radius 3 is 3.08 bits per heavy atom. The van der Waals surface area contributed by atoms with Crippen LogP contribution in [0.5, 0.6) is 0 Å². The summed E-state index contributed by atoms with van der Waals surface area (Å²) in [6.45, 7) is 2.10. The summed E-state index contributed by atoms with van der Waals surface area (Å²) in [4.78, 5) is 0. The number of thioether (sulfide) groups is 1. The molecule has 0 spiro atoms. The molecule has 1 aliphatic rings. The lowest BCUT2D eigenvalue weighted by molar-refractivity contribution is 0.573. The fourth-order valence-electron chi connectivity index (χ4n) is 1.31. The van der Waals surface area contributed by atoms with E-state index in [0.717, 1.165) is 25.0 Å². The van der Waals surface area contributed by atoms with E-state index < -0.39 is 0 Å². The van der Waals surface area contributed by atoms with Gasteiger partial charge in [-0.15, -0.1) is 23.4 Å². The molecule has 0 saturated carbocycles. The molecule has 1 heterocycles. The third-order valence-electron chi connectivity index (χ3n) is 2.19. The van der Waals surface area contributed by atoms with Crippen LogP contribution >= 0.6 is 23.4 Å². The van der Waals surface area contributed by atoms with Crippen molar-refractivity contribution in [1.82, 2.24) is 5.32 Å². The number of hydrogen-bond donors (Lipinski definition) is 1. The zero-order chi connectivity index (χ0) is 9.68. The van der Waals surface area contributed by atoms with Crippen LogP contribution in [0.15, 0.2) is 0 Å². The zero-order valence-corrected chi connectivity index (χ0v) is 9.37. The second kappa shape index (κ2) is 5.74. The first-order valence-electron chi connectivity index (χ1n) is 4.67. The van der Waals surface area contributed by atoms with Gasteiger partial charge in [-0.1, -0.05) is 6.92 Å². The van der Waals surface area contributed by atoms with Crippen molar-refractivity contribution >= 4 is 23.4 Å². The van der Waals surface area contributed by atoms with Gasteiger partial charge in [0.2, 0.25) is 0 Å². The van der Waals surface area contributed by atoms with Gasteiger partial charge in [0.25, 0.3) is 0 Å². The second-order valence-corrected chi connectivity index (χ2v) is 5.11. The van der Waals surface area contributed by atoms with Gasteiger partial charge in [-0.3, -0.25) is 5.32 Å². The van der Waals surface area contributed by atoms with Gasteiger partial charge >= 0.3 is 0 Å². The van der Waals surface area contributed by atoms with Gasteiger partial charge in [-0.2, -0.15) is 5.26 Å². The summed E-state index contributed by atoms with van der Waals surface area (Å²) in [5, 5.41) is 12.7. The molecule has 0 aliphatic carbocycles. The van der Waals surface area contributed by atoms with Crippen molar-refractivity contribution < 1.29 is 0 Å². The Balaban J connectivity index is 2.14. The number of hydrogen-bond acceptors (Lipinski definition) is 3. The highest BCUT2D eigenvalue weighted by molar-refractivity contribution is 8.00. The molecule has 3 atom stereocenters.